The Balaban J connectivity index is 2.08. The first-order valence-corrected chi connectivity index (χ1v) is 8.99. The fourth-order valence-corrected chi connectivity index (χ4v) is 2.61. The molecule has 0 bridgehead atoms. The maximum atomic E-state index is 12.6. The minimum atomic E-state index is -0.270. The zero-order valence-corrected chi connectivity index (χ0v) is 16.7. The predicted molar refractivity (Wildman–Crippen MR) is 106 cm³/mol. The lowest BCUT2D eigenvalue weighted by Crippen LogP contribution is -2.48. The van der Waals surface area contributed by atoms with Crippen LogP contribution in [0.4, 0.5) is 10.5 Å². The lowest BCUT2D eigenvalue weighted by atomic mass is 9.86. The van der Waals surface area contributed by atoms with Gasteiger partial charge >= 0.3 is 6.03 Å². The third-order valence-electron chi connectivity index (χ3n) is 4.51. The number of nitrogens with zero attached hydrogens (tertiary/aromatic N) is 3. The standard InChI is InChI=1S/C20H29N5O2/c1-15(26)24(5)12-16-8-6-7-9-17(16)22-19(27)23-18(20(2,3)4)13-25-11-10-21-14-25/h6-11,14,18H,12-13H2,1-5H3,(H2,22,23,27). The first-order valence-electron chi connectivity index (χ1n) is 8.99. The van der Waals surface area contributed by atoms with Gasteiger partial charge in [-0.05, 0) is 17.0 Å². The number of imidazole rings is 1. The van der Waals surface area contributed by atoms with Crippen molar-refractivity contribution in [3.05, 3.63) is 48.5 Å². The van der Waals surface area contributed by atoms with Crippen molar-refractivity contribution in [3.8, 4) is 0 Å². The molecule has 0 fully saturated rings. The number of anilines is 1. The summed E-state index contributed by atoms with van der Waals surface area (Å²) in [5, 5.41) is 5.99. The van der Waals surface area contributed by atoms with Crippen molar-refractivity contribution < 1.29 is 9.59 Å². The lowest BCUT2D eigenvalue weighted by molar-refractivity contribution is -0.128. The summed E-state index contributed by atoms with van der Waals surface area (Å²) in [6.45, 7) is 8.85. The Labute approximate surface area is 160 Å². The van der Waals surface area contributed by atoms with E-state index in [1.165, 1.54) is 6.92 Å². The fourth-order valence-electron chi connectivity index (χ4n) is 2.61. The molecule has 1 aromatic heterocycles. The molecule has 1 aromatic carbocycles. The summed E-state index contributed by atoms with van der Waals surface area (Å²) in [4.78, 5) is 29.8. The van der Waals surface area contributed by atoms with Gasteiger partial charge in [0.1, 0.15) is 0 Å². The Morgan fingerprint density at radius 2 is 1.96 bits per heavy atom. The van der Waals surface area contributed by atoms with Crippen molar-refractivity contribution in [2.45, 2.75) is 46.8 Å². The molecular formula is C20H29N5O2. The molecule has 2 N–H and O–H groups in total. The second kappa shape index (κ2) is 8.70. The van der Waals surface area contributed by atoms with Gasteiger partial charge in [-0.25, -0.2) is 9.78 Å². The highest BCUT2D eigenvalue weighted by atomic mass is 16.2. The molecule has 0 spiro atoms. The first-order chi connectivity index (χ1) is 12.7. The molecule has 0 aliphatic carbocycles. The number of urea groups is 1. The molecule has 1 heterocycles. The highest BCUT2D eigenvalue weighted by Gasteiger charge is 2.26. The molecule has 2 rings (SSSR count). The SMILES string of the molecule is CC(=O)N(C)Cc1ccccc1NC(=O)NC(Cn1ccnc1)C(C)(C)C. The number of carbonyl (C=O) groups is 2. The second-order valence-electron chi connectivity index (χ2n) is 7.81. The molecular weight excluding hydrogens is 342 g/mol. The van der Waals surface area contributed by atoms with E-state index in [4.69, 9.17) is 0 Å². The number of carbonyl (C=O) groups excluding carboxylic acids is 2. The average Bonchev–Trinajstić information content (AvgIpc) is 3.08. The highest BCUT2D eigenvalue weighted by Crippen LogP contribution is 2.22. The van der Waals surface area contributed by atoms with Crippen LogP contribution in [-0.4, -0.2) is 39.5 Å². The first kappa shape index (κ1) is 20.5. The Kier molecular flexibility index (Phi) is 6.60. The van der Waals surface area contributed by atoms with Gasteiger partial charge in [-0.1, -0.05) is 39.0 Å². The van der Waals surface area contributed by atoms with Crippen LogP contribution in [-0.2, 0) is 17.9 Å². The summed E-state index contributed by atoms with van der Waals surface area (Å²) in [6.07, 6.45) is 5.35. The highest BCUT2D eigenvalue weighted by molar-refractivity contribution is 5.90. The molecule has 0 aliphatic heterocycles. The van der Waals surface area contributed by atoms with Gasteiger partial charge in [0.25, 0.3) is 0 Å². The zero-order valence-electron chi connectivity index (χ0n) is 16.7. The number of hydrogen-bond donors (Lipinski definition) is 2. The molecule has 0 saturated carbocycles. The van der Waals surface area contributed by atoms with E-state index in [0.29, 0.717) is 18.8 Å². The van der Waals surface area contributed by atoms with Crippen LogP contribution in [0.2, 0.25) is 0 Å². The molecule has 7 nitrogen and oxygen atoms in total. The van der Waals surface area contributed by atoms with Crippen molar-refractivity contribution in [1.29, 1.82) is 0 Å². The average molecular weight is 371 g/mol. The smallest absolute Gasteiger partial charge is 0.319 e. The number of benzene rings is 1. The molecule has 2 aromatic rings. The molecule has 0 saturated heterocycles. The largest absolute Gasteiger partial charge is 0.342 e. The molecule has 27 heavy (non-hydrogen) atoms. The molecule has 3 amide bonds. The number of rotatable bonds is 6. The third-order valence-corrected chi connectivity index (χ3v) is 4.51. The van der Waals surface area contributed by atoms with E-state index in [1.54, 1.807) is 24.5 Å². The molecule has 7 heteroatoms. The Morgan fingerprint density at radius 1 is 1.26 bits per heavy atom. The van der Waals surface area contributed by atoms with Crippen molar-refractivity contribution >= 4 is 17.6 Å². The zero-order chi connectivity index (χ0) is 20.0. The van der Waals surface area contributed by atoms with Gasteiger partial charge in [-0.15, -0.1) is 0 Å². The monoisotopic (exact) mass is 371 g/mol. The van der Waals surface area contributed by atoms with Gasteiger partial charge in [-0.3, -0.25) is 4.79 Å². The quantitative estimate of drug-likeness (QED) is 0.819. The normalized spacial score (nSPS) is 12.3. The van der Waals surface area contributed by atoms with Crippen LogP contribution in [0.3, 0.4) is 0 Å². The van der Waals surface area contributed by atoms with E-state index in [1.807, 2.05) is 35.0 Å². The van der Waals surface area contributed by atoms with Crippen LogP contribution in [0.25, 0.3) is 0 Å². The summed E-state index contributed by atoms with van der Waals surface area (Å²) in [6, 6.07) is 7.14. The van der Waals surface area contributed by atoms with E-state index in [0.717, 1.165) is 5.56 Å². The Hall–Kier alpha value is -2.83. The van der Waals surface area contributed by atoms with Gasteiger partial charge in [-0.2, -0.15) is 0 Å². The van der Waals surface area contributed by atoms with Crippen LogP contribution in [0, 0.1) is 5.41 Å². The second-order valence-corrected chi connectivity index (χ2v) is 7.81. The van der Waals surface area contributed by atoms with Gasteiger partial charge in [0.05, 0.1) is 12.4 Å². The van der Waals surface area contributed by atoms with Crippen LogP contribution < -0.4 is 10.6 Å². The maximum Gasteiger partial charge on any atom is 0.319 e. The summed E-state index contributed by atoms with van der Waals surface area (Å²) in [5.41, 5.74) is 1.45. The topological polar surface area (TPSA) is 79.3 Å². The van der Waals surface area contributed by atoms with Crippen molar-refractivity contribution in [2.75, 3.05) is 12.4 Å². The van der Waals surface area contributed by atoms with E-state index < -0.39 is 0 Å². The summed E-state index contributed by atoms with van der Waals surface area (Å²) < 4.78 is 1.95. The Bertz CT molecular complexity index is 765. The molecule has 0 aliphatic rings. The van der Waals surface area contributed by atoms with E-state index in [-0.39, 0.29) is 23.4 Å². The van der Waals surface area contributed by atoms with E-state index in [2.05, 4.69) is 36.4 Å². The number of nitrogens with one attached hydrogen (secondary N) is 2. The summed E-state index contributed by atoms with van der Waals surface area (Å²) >= 11 is 0. The number of para-hydroxylation sites is 1. The van der Waals surface area contributed by atoms with Crippen LogP contribution >= 0.6 is 0 Å². The van der Waals surface area contributed by atoms with E-state index >= 15 is 0 Å². The van der Waals surface area contributed by atoms with Crippen LogP contribution in [0.5, 0.6) is 0 Å². The lowest BCUT2D eigenvalue weighted by Gasteiger charge is -2.32. The molecule has 0 radical (unpaired) electrons. The number of aromatic nitrogens is 2. The van der Waals surface area contributed by atoms with Gasteiger partial charge < -0.3 is 20.1 Å². The van der Waals surface area contributed by atoms with Gasteiger partial charge in [0, 0.05) is 45.1 Å². The van der Waals surface area contributed by atoms with Crippen LogP contribution in [0.1, 0.15) is 33.3 Å². The summed E-state index contributed by atoms with van der Waals surface area (Å²) in [5.74, 6) is -0.0256. The number of amides is 3. The molecule has 1 atom stereocenters. The maximum absolute atomic E-state index is 12.6. The van der Waals surface area contributed by atoms with Crippen LogP contribution in [0.15, 0.2) is 43.0 Å². The van der Waals surface area contributed by atoms with Crippen molar-refractivity contribution in [1.82, 2.24) is 19.8 Å². The fraction of sp³-hybridized carbons (Fsp3) is 0.450. The van der Waals surface area contributed by atoms with Gasteiger partial charge in [0.15, 0.2) is 0 Å². The molecule has 146 valence electrons. The van der Waals surface area contributed by atoms with Crippen molar-refractivity contribution in [2.24, 2.45) is 5.41 Å². The minimum absolute atomic E-state index is 0.0256. The predicted octanol–water partition coefficient (Wildman–Crippen LogP) is 3.10. The summed E-state index contributed by atoms with van der Waals surface area (Å²) in [7, 11) is 1.74. The third kappa shape index (κ3) is 6.13. The van der Waals surface area contributed by atoms with E-state index in [9.17, 15) is 9.59 Å². The Morgan fingerprint density at radius 3 is 2.56 bits per heavy atom. The minimum Gasteiger partial charge on any atom is -0.342 e. The van der Waals surface area contributed by atoms with Gasteiger partial charge in [0.2, 0.25) is 5.91 Å². The van der Waals surface area contributed by atoms with Crippen molar-refractivity contribution in [3.63, 3.8) is 0 Å². The molecule has 1 unspecified atom stereocenters. The number of hydrogen-bond acceptors (Lipinski definition) is 3.